The smallest absolute Gasteiger partial charge is 0.119 e. The third kappa shape index (κ3) is 3.05. The first-order chi connectivity index (χ1) is 8.33. The molecule has 90 valence electrons. The zero-order valence-corrected chi connectivity index (χ0v) is 10.8. The summed E-state index contributed by atoms with van der Waals surface area (Å²) >= 11 is 1.62. The predicted octanol–water partition coefficient (Wildman–Crippen LogP) is 3.36. The SMILES string of the molecule is CCOc1ccc(-c2csc(COC)n2)cc1. The lowest BCUT2D eigenvalue weighted by Gasteiger charge is -2.03. The van der Waals surface area contributed by atoms with Crippen molar-refractivity contribution in [1.82, 2.24) is 4.98 Å². The second-order valence-corrected chi connectivity index (χ2v) is 4.46. The average Bonchev–Trinajstić information content (AvgIpc) is 2.80. The highest BCUT2D eigenvalue weighted by Gasteiger charge is 2.04. The van der Waals surface area contributed by atoms with E-state index in [2.05, 4.69) is 4.98 Å². The molecule has 3 nitrogen and oxygen atoms in total. The van der Waals surface area contributed by atoms with Gasteiger partial charge in [0.05, 0.1) is 18.9 Å². The maximum atomic E-state index is 5.40. The van der Waals surface area contributed by atoms with Crippen LogP contribution < -0.4 is 4.74 Å². The number of nitrogens with zero attached hydrogens (tertiary/aromatic N) is 1. The first-order valence-electron chi connectivity index (χ1n) is 5.50. The molecule has 1 heterocycles. The molecule has 0 bridgehead atoms. The van der Waals surface area contributed by atoms with Gasteiger partial charge < -0.3 is 9.47 Å². The van der Waals surface area contributed by atoms with Crippen LogP contribution in [-0.4, -0.2) is 18.7 Å². The van der Waals surface area contributed by atoms with E-state index in [1.165, 1.54) is 0 Å². The van der Waals surface area contributed by atoms with Crippen LogP contribution in [0, 0.1) is 0 Å². The average molecular weight is 249 g/mol. The minimum Gasteiger partial charge on any atom is -0.494 e. The van der Waals surface area contributed by atoms with Gasteiger partial charge in [0.2, 0.25) is 0 Å². The van der Waals surface area contributed by atoms with Crippen LogP contribution in [0.5, 0.6) is 5.75 Å². The van der Waals surface area contributed by atoms with E-state index in [-0.39, 0.29) is 0 Å². The molecule has 0 aliphatic heterocycles. The molecule has 0 fully saturated rings. The normalized spacial score (nSPS) is 10.5. The first kappa shape index (κ1) is 12.1. The summed E-state index contributed by atoms with van der Waals surface area (Å²) in [4.78, 5) is 4.50. The van der Waals surface area contributed by atoms with E-state index in [1.54, 1.807) is 18.4 Å². The van der Waals surface area contributed by atoms with E-state index >= 15 is 0 Å². The van der Waals surface area contributed by atoms with Crippen LogP contribution in [0.25, 0.3) is 11.3 Å². The van der Waals surface area contributed by atoms with Gasteiger partial charge in [0.15, 0.2) is 0 Å². The molecule has 0 amide bonds. The van der Waals surface area contributed by atoms with E-state index in [0.29, 0.717) is 13.2 Å². The Morgan fingerprint density at radius 2 is 2.00 bits per heavy atom. The van der Waals surface area contributed by atoms with E-state index in [1.807, 2.05) is 36.6 Å². The van der Waals surface area contributed by atoms with Crippen molar-refractivity contribution in [3.8, 4) is 17.0 Å². The molecule has 2 aromatic rings. The summed E-state index contributed by atoms with van der Waals surface area (Å²) in [5.74, 6) is 0.892. The van der Waals surface area contributed by atoms with Crippen LogP contribution in [0.2, 0.25) is 0 Å². The summed E-state index contributed by atoms with van der Waals surface area (Å²) < 4.78 is 10.5. The largest absolute Gasteiger partial charge is 0.494 e. The van der Waals surface area contributed by atoms with Crippen molar-refractivity contribution in [2.24, 2.45) is 0 Å². The number of rotatable bonds is 5. The van der Waals surface area contributed by atoms with Crippen LogP contribution in [0.1, 0.15) is 11.9 Å². The fourth-order valence-electron chi connectivity index (χ4n) is 1.52. The molecule has 0 atom stereocenters. The number of ether oxygens (including phenoxy) is 2. The van der Waals surface area contributed by atoms with Crippen molar-refractivity contribution in [3.05, 3.63) is 34.7 Å². The van der Waals surface area contributed by atoms with E-state index in [4.69, 9.17) is 9.47 Å². The van der Waals surface area contributed by atoms with Crippen molar-refractivity contribution in [2.75, 3.05) is 13.7 Å². The van der Waals surface area contributed by atoms with Gasteiger partial charge in [-0.3, -0.25) is 0 Å². The minimum absolute atomic E-state index is 0.571. The number of hydrogen-bond acceptors (Lipinski definition) is 4. The van der Waals surface area contributed by atoms with Crippen LogP contribution in [0.15, 0.2) is 29.6 Å². The molecule has 0 aliphatic carbocycles. The molecule has 0 spiro atoms. The van der Waals surface area contributed by atoms with E-state index in [0.717, 1.165) is 22.0 Å². The Hall–Kier alpha value is -1.39. The Bertz CT molecular complexity index is 465. The van der Waals surface area contributed by atoms with Gasteiger partial charge in [0.1, 0.15) is 10.8 Å². The molecule has 0 saturated carbocycles. The molecular weight excluding hydrogens is 234 g/mol. The predicted molar refractivity (Wildman–Crippen MR) is 69.4 cm³/mol. The molecule has 1 aromatic carbocycles. The van der Waals surface area contributed by atoms with Crippen LogP contribution >= 0.6 is 11.3 Å². The van der Waals surface area contributed by atoms with Gasteiger partial charge in [0.25, 0.3) is 0 Å². The third-order valence-corrected chi connectivity index (χ3v) is 3.10. The molecule has 0 unspecified atom stereocenters. The van der Waals surface area contributed by atoms with Crippen LogP contribution in [0.3, 0.4) is 0 Å². The standard InChI is InChI=1S/C13H15NO2S/c1-3-16-11-6-4-10(5-7-11)12-9-17-13(14-12)8-15-2/h4-7,9H,3,8H2,1-2H3. The van der Waals surface area contributed by atoms with Gasteiger partial charge in [-0.15, -0.1) is 11.3 Å². The zero-order chi connectivity index (χ0) is 12.1. The monoisotopic (exact) mass is 249 g/mol. The highest BCUT2D eigenvalue weighted by atomic mass is 32.1. The number of benzene rings is 1. The number of hydrogen-bond donors (Lipinski definition) is 0. The lowest BCUT2D eigenvalue weighted by molar-refractivity contribution is 0.184. The molecule has 4 heteroatoms. The molecule has 0 aliphatic rings. The molecule has 1 aromatic heterocycles. The van der Waals surface area contributed by atoms with Gasteiger partial charge in [0, 0.05) is 18.1 Å². The maximum Gasteiger partial charge on any atom is 0.119 e. The highest BCUT2D eigenvalue weighted by Crippen LogP contribution is 2.24. The van der Waals surface area contributed by atoms with Crippen molar-refractivity contribution >= 4 is 11.3 Å². The van der Waals surface area contributed by atoms with Crippen molar-refractivity contribution in [3.63, 3.8) is 0 Å². The van der Waals surface area contributed by atoms with E-state index in [9.17, 15) is 0 Å². The first-order valence-corrected chi connectivity index (χ1v) is 6.38. The number of thiazole rings is 1. The fourth-order valence-corrected chi connectivity index (χ4v) is 2.30. The van der Waals surface area contributed by atoms with Crippen molar-refractivity contribution in [2.45, 2.75) is 13.5 Å². The van der Waals surface area contributed by atoms with Gasteiger partial charge in [-0.25, -0.2) is 4.98 Å². The van der Waals surface area contributed by atoms with Crippen LogP contribution in [0.4, 0.5) is 0 Å². The van der Waals surface area contributed by atoms with Gasteiger partial charge in [-0.2, -0.15) is 0 Å². The Kier molecular flexibility index (Phi) is 4.12. The Morgan fingerprint density at radius 1 is 1.24 bits per heavy atom. The Morgan fingerprint density at radius 3 is 2.65 bits per heavy atom. The third-order valence-electron chi connectivity index (χ3n) is 2.28. The fraction of sp³-hybridized carbons (Fsp3) is 0.308. The number of aromatic nitrogens is 1. The van der Waals surface area contributed by atoms with Crippen LogP contribution in [-0.2, 0) is 11.3 Å². The Labute approximate surface area is 105 Å². The topological polar surface area (TPSA) is 31.4 Å². The van der Waals surface area contributed by atoms with E-state index < -0.39 is 0 Å². The molecule has 17 heavy (non-hydrogen) atoms. The van der Waals surface area contributed by atoms with Gasteiger partial charge in [-0.05, 0) is 31.2 Å². The zero-order valence-electron chi connectivity index (χ0n) is 9.97. The summed E-state index contributed by atoms with van der Waals surface area (Å²) in [7, 11) is 1.68. The Balaban J connectivity index is 2.15. The van der Waals surface area contributed by atoms with Gasteiger partial charge >= 0.3 is 0 Å². The molecule has 2 rings (SSSR count). The lowest BCUT2D eigenvalue weighted by atomic mass is 10.2. The summed E-state index contributed by atoms with van der Waals surface area (Å²) in [6.45, 7) is 3.24. The molecule has 0 saturated heterocycles. The second-order valence-electron chi connectivity index (χ2n) is 3.52. The molecule has 0 N–H and O–H groups in total. The van der Waals surface area contributed by atoms with Crippen molar-refractivity contribution < 1.29 is 9.47 Å². The van der Waals surface area contributed by atoms with Crippen molar-refractivity contribution in [1.29, 1.82) is 0 Å². The summed E-state index contributed by atoms with van der Waals surface area (Å²) in [6, 6.07) is 7.98. The molecular formula is C13H15NO2S. The minimum atomic E-state index is 0.571. The second kappa shape index (κ2) is 5.80. The number of methoxy groups -OCH3 is 1. The highest BCUT2D eigenvalue weighted by molar-refractivity contribution is 7.09. The summed E-state index contributed by atoms with van der Waals surface area (Å²) in [5.41, 5.74) is 2.09. The maximum absolute atomic E-state index is 5.40. The molecule has 0 radical (unpaired) electrons. The lowest BCUT2D eigenvalue weighted by Crippen LogP contribution is -1.90. The van der Waals surface area contributed by atoms with Gasteiger partial charge in [-0.1, -0.05) is 0 Å². The summed E-state index contributed by atoms with van der Waals surface area (Å²) in [5, 5.41) is 3.04. The quantitative estimate of drug-likeness (QED) is 0.814. The summed E-state index contributed by atoms with van der Waals surface area (Å²) in [6.07, 6.45) is 0.